The molecule has 6 nitrogen and oxygen atoms in total. The van der Waals surface area contributed by atoms with Gasteiger partial charge in [-0.25, -0.2) is 14.1 Å². The molecule has 4 rings (SSSR count). The fraction of sp³-hybridized carbons (Fsp3) is 0.167. The highest BCUT2D eigenvalue weighted by Gasteiger charge is 2.11. The van der Waals surface area contributed by atoms with Crippen LogP contribution in [0.3, 0.4) is 0 Å². The molecule has 0 spiro atoms. The number of fused-ring (bicyclic) bond motifs is 1. The van der Waals surface area contributed by atoms with Crippen LogP contribution in [0.15, 0.2) is 54.9 Å². The summed E-state index contributed by atoms with van der Waals surface area (Å²) >= 11 is 0. The van der Waals surface area contributed by atoms with Crippen LogP contribution in [0.25, 0.3) is 5.65 Å². The normalized spacial score (nSPS) is 11.1. The van der Waals surface area contributed by atoms with E-state index in [1.165, 1.54) is 6.07 Å². The van der Waals surface area contributed by atoms with Crippen LogP contribution < -0.4 is 5.32 Å². The van der Waals surface area contributed by atoms with Gasteiger partial charge >= 0.3 is 0 Å². The number of nitrogens with zero attached hydrogens (tertiary/aromatic N) is 5. The van der Waals surface area contributed by atoms with Gasteiger partial charge in [0.25, 0.3) is 0 Å². The summed E-state index contributed by atoms with van der Waals surface area (Å²) in [5.41, 5.74) is 3.37. The fourth-order valence-electron chi connectivity index (χ4n) is 2.75. The summed E-state index contributed by atoms with van der Waals surface area (Å²) in [6.07, 6.45) is 3.81. The molecule has 0 unspecified atom stereocenters. The molecule has 0 aliphatic heterocycles. The number of aromatic nitrogens is 5. The molecule has 3 heterocycles. The van der Waals surface area contributed by atoms with E-state index in [-0.39, 0.29) is 5.82 Å². The predicted octanol–water partition coefficient (Wildman–Crippen LogP) is 3.03. The monoisotopic (exact) mass is 336 g/mol. The van der Waals surface area contributed by atoms with E-state index in [1.54, 1.807) is 16.8 Å². The van der Waals surface area contributed by atoms with Crippen LogP contribution in [0.1, 0.15) is 17.0 Å². The van der Waals surface area contributed by atoms with Gasteiger partial charge in [0.1, 0.15) is 11.5 Å². The molecule has 0 amide bonds. The molecule has 7 heteroatoms. The minimum absolute atomic E-state index is 0.238. The van der Waals surface area contributed by atoms with Crippen LogP contribution in [0.2, 0.25) is 0 Å². The molecule has 25 heavy (non-hydrogen) atoms. The third-order valence-corrected chi connectivity index (χ3v) is 4.19. The first-order valence-corrected chi connectivity index (χ1v) is 8.01. The Morgan fingerprint density at radius 2 is 1.96 bits per heavy atom. The van der Waals surface area contributed by atoms with Crippen LogP contribution in [-0.4, -0.2) is 24.4 Å². The minimum atomic E-state index is -0.238. The van der Waals surface area contributed by atoms with Crippen LogP contribution in [0.4, 0.5) is 10.2 Å². The van der Waals surface area contributed by atoms with Crippen molar-refractivity contribution < 1.29 is 4.39 Å². The quantitative estimate of drug-likeness (QED) is 0.608. The highest BCUT2D eigenvalue weighted by molar-refractivity contribution is 5.43. The summed E-state index contributed by atoms with van der Waals surface area (Å²) in [6, 6.07) is 12.6. The second-order valence-electron chi connectivity index (χ2n) is 5.80. The molecular weight excluding hydrogens is 319 g/mol. The fourth-order valence-corrected chi connectivity index (χ4v) is 2.75. The maximum Gasteiger partial charge on any atom is 0.171 e. The second kappa shape index (κ2) is 6.35. The molecule has 126 valence electrons. The maximum atomic E-state index is 13.8. The summed E-state index contributed by atoms with van der Waals surface area (Å²) in [7, 11) is 0. The number of hydrogen-bond donors (Lipinski definition) is 1. The molecule has 0 aliphatic rings. The molecule has 1 aromatic carbocycles. The zero-order chi connectivity index (χ0) is 17.2. The van der Waals surface area contributed by atoms with Crippen LogP contribution in [0, 0.1) is 12.7 Å². The minimum Gasteiger partial charge on any atom is -0.361 e. The van der Waals surface area contributed by atoms with Gasteiger partial charge in [0.15, 0.2) is 5.82 Å². The van der Waals surface area contributed by atoms with Gasteiger partial charge in [0, 0.05) is 11.8 Å². The van der Waals surface area contributed by atoms with Crippen molar-refractivity contribution >= 4 is 11.5 Å². The predicted molar refractivity (Wildman–Crippen MR) is 92.8 cm³/mol. The van der Waals surface area contributed by atoms with Gasteiger partial charge in [0.05, 0.1) is 30.7 Å². The first-order valence-electron chi connectivity index (χ1n) is 8.01. The third kappa shape index (κ3) is 2.96. The Hall–Kier alpha value is -3.22. The largest absolute Gasteiger partial charge is 0.361 e. The Labute approximate surface area is 143 Å². The van der Waals surface area contributed by atoms with Crippen molar-refractivity contribution in [2.24, 2.45) is 0 Å². The van der Waals surface area contributed by atoms with E-state index < -0.39 is 0 Å². The smallest absolute Gasteiger partial charge is 0.171 e. The average molecular weight is 336 g/mol. The number of imidazole rings is 1. The SMILES string of the molecule is Cc1c(NCc2cnc3ccccn23)nnn1Cc1ccccc1F. The Balaban J connectivity index is 1.51. The second-order valence-corrected chi connectivity index (χ2v) is 5.80. The zero-order valence-electron chi connectivity index (χ0n) is 13.7. The van der Waals surface area contributed by atoms with Gasteiger partial charge in [-0.15, -0.1) is 5.10 Å². The maximum absolute atomic E-state index is 13.8. The number of pyridine rings is 1. The van der Waals surface area contributed by atoms with Crippen LogP contribution in [-0.2, 0) is 13.1 Å². The third-order valence-electron chi connectivity index (χ3n) is 4.19. The van der Waals surface area contributed by atoms with Gasteiger partial charge in [-0.2, -0.15) is 0 Å². The summed E-state index contributed by atoms with van der Waals surface area (Å²) < 4.78 is 17.5. The molecule has 0 radical (unpaired) electrons. The van der Waals surface area contributed by atoms with Crippen LogP contribution in [0.5, 0.6) is 0 Å². The van der Waals surface area contributed by atoms with Crippen molar-refractivity contribution in [3.05, 3.63) is 77.6 Å². The van der Waals surface area contributed by atoms with E-state index in [9.17, 15) is 4.39 Å². The summed E-state index contributed by atoms with van der Waals surface area (Å²) in [5, 5.41) is 11.6. The van der Waals surface area contributed by atoms with Crippen molar-refractivity contribution in [1.82, 2.24) is 24.4 Å². The summed E-state index contributed by atoms with van der Waals surface area (Å²) in [5.74, 6) is 0.444. The number of rotatable bonds is 5. The first-order chi connectivity index (χ1) is 12.2. The molecule has 1 N–H and O–H groups in total. The lowest BCUT2D eigenvalue weighted by Crippen LogP contribution is -2.07. The van der Waals surface area contributed by atoms with Crippen molar-refractivity contribution in [2.45, 2.75) is 20.0 Å². The Kier molecular flexibility index (Phi) is 3.89. The topological polar surface area (TPSA) is 60.0 Å². The van der Waals surface area contributed by atoms with Crippen molar-refractivity contribution in [1.29, 1.82) is 0 Å². The lowest BCUT2D eigenvalue weighted by molar-refractivity contribution is 0.571. The Morgan fingerprint density at radius 3 is 2.84 bits per heavy atom. The van der Waals surface area contributed by atoms with Gasteiger partial charge in [-0.3, -0.25) is 0 Å². The lowest BCUT2D eigenvalue weighted by atomic mass is 10.2. The highest BCUT2D eigenvalue weighted by Crippen LogP contribution is 2.15. The number of halogens is 1. The van der Waals surface area contributed by atoms with Gasteiger partial charge in [0.2, 0.25) is 0 Å². The van der Waals surface area contributed by atoms with E-state index in [0.29, 0.717) is 24.5 Å². The molecule has 0 saturated carbocycles. The molecule has 3 aromatic heterocycles. The van der Waals surface area contributed by atoms with E-state index in [1.807, 2.05) is 48.0 Å². The molecule has 0 aliphatic carbocycles. The summed E-state index contributed by atoms with van der Waals surface area (Å²) in [6.45, 7) is 2.84. The zero-order valence-corrected chi connectivity index (χ0v) is 13.7. The number of hydrogen-bond acceptors (Lipinski definition) is 4. The average Bonchev–Trinajstić information content (AvgIpc) is 3.19. The number of nitrogens with one attached hydrogen (secondary N) is 1. The standard InChI is InChI=1S/C18H17FN6/c1-13-18(21-11-15-10-20-17-8-4-5-9-24(15)17)22-23-25(13)12-14-6-2-3-7-16(14)19/h2-10,21H,11-12H2,1H3. The Morgan fingerprint density at radius 1 is 1.12 bits per heavy atom. The number of anilines is 1. The van der Waals surface area contributed by atoms with E-state index >= 15 is 0 Å². The lowest BCUT2D eigenvalue weighted by Gasteiger charge is -2.06. The highest BCUT2D eigenvalue weighted by atomic mass is 19.1. The molecule has 0 atom stereocenters. The molecular formula is C18H17FN6. The van der Waals surface area contributed by atoms with Crippen molar-refractivity contribution in [3.63, 3.8) is 0 Å². The van der Waals surface area contributed by atoms with Crippen molar-refractivity contribution in [3.8, 4) is 0 Å². The number of benzene rings is 1. The van der Waals surface area contributed by atoms with E-state index in [2.05, 4.69) is 20.6 Å². The van der Waals surface area contributed by atoms with Gasteiger partial charge in [-0.1, -0.05) is 29.5 Å². The van der Waals surface area contributed by atoms with Crippen molar-refractivity contribution in [2.75, 3.05) is 5.32 Å². The van der Waals surface area contributed by atoms with E-state index in [4.69, 9.17) is 0 Å². The van der Waals surface area contributed by atoms with Crippen LogP contribution >= 0.6 is 0 Å². The molecule has 0 fully saturated rings. The Bertz CT molecular complexity index is 1020. The molecule has 0 bridgehead atoms. The first kappa shape index (κ1) is 15.3. The van der Waals surface area contributed by atoms with Gasteiger partial charge < -0.3 is 9.72 Å². The molecule has 0 saturated heterocycles. The van der Waals surface area contributed by atoms with E-state index in [0.717, 1.165) is 17.0 Å². The molecule has 4 aromatic rings. The van der Waals surface area contributed by atoms with Gasteiger partial charge in [-0.05, 0) is 25.1 Å². The summed E-state index contributed by atoms with van der Waals surface area (Å²) in [4.78, 5) is 4.36.